The lowest BCUT2D eigenvalue weighted by Gasteiger charge is -2.31. The maximum atomic E-state index is 2.55. The number of aromatic nitrogens is 2. The SMILES string of the molecule is Cc1ccccc1N(c1ccccc1)c1ccc2c3cccc4c5cc6c(cc5n(c2c1)c34)c1cccc2c3ccc(N(c4ccccc4)c4ccccc4[Si](C)(C)C)cc3n6c21. The molecule has 13 aromatic rings. The van der Waals surface area contributed by atoms with E-state index in [0.717, 1.165) is 22.7 Å². The van der Waals surface area contributed by atoms with Crippen molar-refractivity contribution in [3.8, 4) is 0 Å². The first-order valence-electron chi connectivity index (χ1n) is 22.0. The Balaban J connectivity index is 1.08. The first-order chi connectivity index (χ1) is 30.8. The predicted octanol–water partition coefficient (Wildman–Crippen LogP) is 15.8. The predicted molar refractivity (Wildman–Crippen MR) is 273 cm³/mol. The van der Waals surface area contributed by atoms with Gasteiger partial charge in [0.1, 0.15) is 0 Å². The smallest absolute Gasteiger partial charge is 0.0803 e. The molecule has 13 rings (SSSR count). The van der Waals surface area contributed by atoms with Gasteiger partial charge in [-0.15, -0.1) is 0 Å². The Morgan fingerprint density at radius 2 is 0.746 bits per heavy atom. The summed E-state index contributed by atoms with van der Waals surface area (Å²) in [6.07, 6.45) is 0. The van der Waals surface area contributed by atoms with Gasteiger partial charge in [0.05, 0.1) is 41.2 Å². The van der Waals surface area contributed by atoms with Gasteiger partial charge in [-0.05, 0) is 90.5 Å². The second-order valence-corrected chi connectivity index (χ2v) is 23.3. The Morgan fingerprint density at radius 1 is 0.333 bits per heavy atom. The molecule has 0 radical (unpaired) electrons. The van der Waals surface area contributed by atoms with Crippen molar-refractivity contribution in [2.24, 2.45) is 0 Å². The maximum Gasteiger partial charge on any atom is 0.0803 e. The van der Waals surface area contributed by atoms with Crippen molar-refractivity contribution in [2.45, 2.75) is 26.6 Å². The number of para-hydroxylation sites is 6. The third kappa shape index (κ3) is 5.14. The Kier molecular flexibility index (Phi) is 7.56. The summed E-state index contributed by atoms with van der Waals surface area (Å²) in [4.78, 5) is 4.87. The number of nitrogens with zero attached hydrogens (tertiary/aromatic N) is 4. The summed E-state index contributed by atoms with van der Waals surface area (Å²) in [5.74, 6) is 0. The van der Waals surface area contributed by atoms with Gasteiger partial charge in [0.2, 0.25) is 0 Å². The maximum absolute atomic E-state index is 2.55. The van der Waals surface area contributed by atoms with Gasteiger partial charge in [-0.2, -0.15) is 0 Å². The number of hydrogen-bond donors (Lipinski definition) is 0. The van der Waals surface area contributed by atoms with E-state index in [1.54, 1.807) is 0 Å². The zero-order valence-corrected chi connectivity index (χ0v) is 36.8. The number of hydrogen-bond acceptors (Lipinski definition) is 2. The van der Waals surface area contributed by atoms with Crippen LogP contribution in [-0.4, -0.2) is 16.9 Å². The van der Waals surface area contributed by atoms with E-state index in [1.807, 2.05) is 0 Å². The first kappa shape index (κ1) is 36.1. The summed E-state index contributed by atoms with van der Waals surface area (Å²) in [6, 6.07) is 72.1. The summed E-state index contributed by atoms with van der Waals surface area (Å²) >= 11 is 0. The van der Waals surface area contributed by atoms with Gasteiger partial charge in [0.25, 0.3) is 0 Å². The molecule has 0 N–H and O–H groups in total. The van der Waals surface area contributed by atoms with Crippen LogP contribution in [0.1, 0.15) is 5.56 Å². The molecule has 63 heavy (non-hydrogen) atoms. The van der Waals surface area contributed by atoms with E-state index in [0.29, 0.717) is 0 Å². The molecule has 0 aliphatic carbocycles. The summed E-state index contributed by atoms with van der Waals surface area (Å²) < 4.78 is 5.09. The molecule has 300 valence electrons. The van der Waals surface area contributed by atoms with Gasteiger partial charge in [0.15, 0.2) is 0 Å². The quantitative estimate of drug-likeness (QED) is 0.149. The molecular formula is C58H44N4Si. The molecule has 0 aliphatic rings. The fraction of sp³-hybridized carbons (Fsp3) is 0.0690. The molecule has 0 atom stereocenters. The van der Waals surface area contributed by atoms with Crippen molar-refractivity contribution in [3.63, 3.8) is 0 Å². The standard InChI is InChI=1S/C58H44N4Si/c1-37-17-11-12-26-50(37)59(38-18-7-5-8-19-38)40-29-31-42-44-22-15-24-46-48-36-55-49(35-54(48)61(57(44)46)52(42)33-40)47-25-16-23-45-43-32-30-41(34-53(43)62(55)58(45)47)60(39-20-9-6-10-21-39)51-27-13-14-28-56(51)63(2,3)4/h5-36H,1-4H3. The van der Waals surface area contributed by atoms with E-state index in [4.69, 9.17) is 0 Å². The molecular weight excluding hydrogens is 781 g/mol. The van der Waals surface area contributed by atoms with Crippen molar-refractivity contribution in [2.75, 3.05) is 9.80 Å². The molecule has 9 aromatic carbocycles. The highest BCUT2D eigenvalue weighted by Gasteiger charge is 2.27. The molecule has 0 saturated carbocycles. The number of benzene rings is 9. The zero-order chi connectivity index (χ0) is 42.1. The van der Waals surface area contributed by atoms with Gasteiger partial charge in [-0.25, -0.2) is 0 Å². The molecule has 5 heteroatoms. The highest BCUT2D eigenvalue weighted by atomic mass is 28.3. The molecule has 0 aliphatic heterocycles. The van der Waals surface area contributed by atoms with Crippen molar-refractivity contribution >= 4 is 124 Å². The summed E-state index contributed by atoms with van der Waals surface area (Å²) in [5, 5.41) is 11.7. The lowest BCUT2D eigenvalue weighted by atomic mass is 10.0. The van der Waals surface area contributed by atoms with Crippen LogP contribution in [0.15, 0.2) is 194 Å². The number of anilines is 6. The number of aryl methyl sites for hydroxylation is 1. The molecule has 0 bridgehead atoms. The zero-order valence-electron chi connectivity index (χ0n) is 35.8. The van der Waals surface area contributed by atoms with E-state index in [2.05, 4.69) is 239 Å². The fourth-order valence-corrected chi connectivity index (χ4v) is 12.4. The molecule has 4 heterocycles. The molecule has 0 unspecified atom stereocenters. The second kappa shape index (κ2) is 13.2. The van der Waals surface area contributed by atoms with Crippen LogP contribution in [0.5, 0.6) is 0 Å². The largest absolute Gasteiger partial charge is 0.311 e. The molecule has 4 nitrogen and oxygen atoms in total. The highest BCUT2D eigenvalue weighted by Crippen LogP contribution is 2.47. The van der Waals surface area contributed by atoms with Gasteiger partial charge >= 0.3 is 0 Å². The van der Waals surface area contributed by atoms with Crippen LogP contribution in [0.3, 0.4) is 0 Å². The van der Waals surface area contributed by atoms with Gasteiger partial charge in [0, 0.05) is 77.2 Å². The highest BCUT2D eigenvalue weighted by molar-refractivity contribution is 6.89. The van der Waals surface area contributed by atoms with Crippen LogP contribution in [0.25, 0.3) is 76.2 Å². The van der Waals surface area contributed by atoms with E-state index in [-0.39, 0.29) is 0 Å². The third-order valence-corrected chi connectivity index (χ3v) is 15.6. The molecule has 0 amide bonds. The van der Waals surface area contributed by atoms with E-state index >= 15 is 0 Å². The topological polar surface area (TPSA) is 15.3 Å². The Hall–Kier alpha value is -7.60. The van der Waals surface area contributed by atoms with E-state index in [1.165, 1.54) is 98.3 Å². The molecule has 0 fully saturated rings. The molecule has 0 saturated heterocycles. The molecule has 4 aromatic heterocycles. The van der Waals surface area contributed by atoms with Crippen LogP contribution in [0, 0.1) is 6.92 Å². The van der Waals surface area contributed by atoms with E-state index < -0.39 is 8.07 Å². The normalized spacial score (nSPS) is 12.4. The van der Waals surface area contributed by atoms with Crippen molar-refractivity contribution in [1.82, 2.24) is 8.80 Å². The van der Waals surface area contributed by atoms with Gasteiger partial charge in [-0.1, -0.05) is 141 Å². The minimum absolute atomic E-state index is 1.14. The average molecular weight is 825 g/mol. The van der Waals surface area contributed by atoms with Crippen molar-refractivity contribution < 1.29 is 0 Å². The van der Waals surface area contributed by atoms with Crippen LogP contribution in [-0.2, 0) is 0 Å². The summed E-state index contributed by atoms with van der Waals surface area (Å²) in [7, 11) is -1.71. The second-order valence-electron chi connectivity index (χ2n) is 18.3. The van der Waals surface area contributed by atoms with E-state index in [9.17, 15) is 0 Å². The molecule has 0 spiro atoms. The van der Waals surface area contributed by atoms with Crippen LogP contribution < -0.4 is 15.0 Å². The Morgan fingerprint density at radius 3 is 1.24 bits per heavy atom. The lowest BCUT2D eigenvalue weighted by Crippen LogP contribution is -2.40. The van der Waals surface area contributed by atoms with Crippen molar-refractivity contribution in [1.29, 1.82) is 0 Å². The minimum atomic E-state index is -1.71. The number of fused-ring (bicyclic) bond motifs is 12. The third-order valence-electron chi connectivity index (χ3n) is 13.6. The Labute approximate surface area is 366 Å². The minimum Gasteiger partial charge on any atom is -0.311 e. The lowest BCUT2D eigenvalue weighted by molar-refractivity contribution is 1.25. The summed E-state index contributed by atoms with van der Waals surface area (Å²) in [5.41, 5.74) is 15.8. The van der Waals surface area contributed by atoms with Crippen molar-refractivity contribution in [3.05, 3.63) is 200 Å². The first-order valence-corrected chi connectivity index (χ1v) is 25.5. The van der Waals surface area contributed by atoms with Gasteiger partial charge < -0.3 is 18.6 Å². The average Bonchev–Trinajstić information content (AvgIpc) is 4.03. The monoisotopic (exact) mass is 824 g/mol. The van der Waals surface area contributed by atoms with Gasteiger partial charge in [-0.3, -0.25) is 0 Å². The van der Waals surface area contributed by atoms with Crippen LogP contribution in [0.4, 0.5) is 34.1 Å². The van der Waals surface area contributed by atoms with Crippen LogP contribution in [0.2, 0.25) is 19.6 Å². The fourth-order valence-electron chi connectivity index (χ4n) is 10.8. The number of rotatable bonds is 7. The van der Waals surface area contributed by atoms with Crippen LogP contribution >= 0.6 is 0 Å². The summed E-state index contributed by atoms with van der Waals surface area (Å²) in [6.45, 7) is 9.53. The Bertz CT molecular complexity index is 3910.